The van der Waals surface area contributed by atoms with Gasteiger partial charge in [-0.3, -0.25) is 0 Å². The van der Waals surface area contributed by atoms with Crippen LogP contribution in [0.25, 0.3) is 0 Å². The Morgan fingerprint density at radius 3 is 2.50 bits per heavy atom. The van der Waals surface area contributed by atoms with Gasteiger partial charge in [-0.1, -0.05) is 28.1 Å². The zero-order valence-corrected chi connectivity index (χ0v) is 13.2. The molecule has 0 aliphatic heterocycles. The Morgan fingerprint density at radius 1 is 1.20 bits per heavy atom. The molecule has 20 heavy (non-hydrogen) atoms. The van der Waals surface area contributed by atoms with E-state index in [0.717, 1.165) is 4.47 Å². The van der Waals surface area contributed by atoms with Crippen LogP contribution in [0.15, 0.2) is 28.7 Å². The Labute approximate surface area is 126 Å². The van der Waals surface area contributed by atoms with Crippen molar-refractivity contribution in [2.75, 3.05) is 31.4 Å². The highest BCUT2D eigenvalue weighted by molar-refractivity contribution is 9.10. The Balaban J connectivity index is 2.19. The lowest BCUT2D eigenvalue weighted by Gasteiger charge is -2.18. The molecule has 0 radical (unpaired) electrons. The molecule has 0 saturated heterocycles. The monoisotopic (exact) mass is 337 g/mol. The third-order valence-corrected chi connectivity index (χ3v) is 3.21. The number of hydrogen-bond donors (Lipinski definition) is 1. The summed E-state index contributed by atoms with van der Waals surface area (Å²) in [4.78, 5) is 14.6. The van der Waals surface area contributed by atoms with Gasteiger partial charge in [-0.15, -0.1) is 0 Å². The fourth-order valence-corrected chi connectivity index (χ4v) is 1.92. The van der Waals surface area contributed by atoms with E-state index in [9.17, 15) is 0 Å². The van der Waals surface area contributed by atoms with Gasteiger partial charge < -0.3 is 15.0 Å². The third kappa shape index (κ3) is 3.57. The van der Waals surface area contributed by atoms with Crippen LogP contribution in [0, 0.1) is 0 Å². The Hall–Kier alpha value is -1.89. The highest BCUT2D eigenvalue weighted by Gasteiger charge is 2.10. The molecule has 0 spiro atoms. The van der Waals surface area contributed by atoms with Gasteiger partial charge in [-0.05, 0) is 17.7 Å². The highest BCUT2D eigenvalue weighted by atomic mass is 79.9. The molecule has 0 amide bonds. The van der Waals surface area contributed by atoms with Crippen molar-refractivity contribution in [3.05, 3.63) is 34.3 Å². The molecule has 0 saturated carbocycles. The van der Waals surface area contributed by atoms with Gasteiger partial charge >= 0.3 is 6.01 Å². The molecular formula is C13H16BrN5O. The van der Waals surface area contributed by atoms with E-state index in [1.54, 1.807) is 7.05 Å². The average Bonchev–Trinajstić information content (AvgIpc) is 2.48. The van der Waals surface area contributed by atoms with Crippen molar-refractivity contribution in [2.45, 2.75) is 6.54 Å². The summed E-state index contributed by atoms with van der Waals surface area (Å²) in [7, 11) is 5.22. The summed E-state index contributed by atoms with van der Waals surface area (Å²) in [5.74, 6) is 1.04. The lowest BCUT2D eigenvalue weighted by Crippen LogP contribution is -2.20. The smallest absolute Gasteiger partial charge is 0.322 e. The Morgan fingerprint density at radius 2 is 1.90 bits per heavy atom. The van der Waals surface area contributed by atoms with Crippen LogP contribution in [0.1, 0.15) is 5.56 Å². The number of aromatic nitrogens is 3. The lowest BCUT2D eigenvalue weighted by atomic mass is 10.2. The molecular weight excluding hydrogens is 322 g/mol. The summed E-state index contributed by atoms with van der Waals surface area (Å²) >= 11 is 3.42. The second-order valence-corrected chi connectivity index (χ2v) is 5.09. The summed E-state index contributed by atoms with van der Waals surface area (Å²) in [6, 6.07) is 8.42. The topological polar surface area (TPSA) is 63.2 Å². The molecule has 0 aliphatic rings. The number of methoxy groups -OCH3 is 1. The first-order valence-electron chi connectivity index (χ1n) is 6.05. The summed E-state index contributed by atoms with van der Waals surface area (Å²) in [5, 5.41) is 2.89. The number of halogens is 1. The number of anilines is 2. The minimum absolute atomic E-state index is 0.294. The number of hydrogen-bond acceptors (Lipinski definition) is 6. The van der Waals surface area contributed by atoms with Gasteiger partial charge in [0, 0.05) is 25.1 Å². The molecule has 1 heterocycles. The zero-order valence-electron chi connectivity index (χ0n) is 11.6. The van der Waals surface area contributed by atoms with Crippen LogP contribution >= 0.6 is 15.9 Å². The Kier molecular flexibility index (Phi) is 4.73. The first kappa shape index (κ1) is 14.5. The maximum Gasteiger partial charge on any atom is 0.322 e. The summed E-state index contributed by atoms with van der Waals surface area (Å²) < 4.78 is 6.14. The van der Waals surface area contributed by atoms with Crippen molar-refractivity contribution < 1.29 is 4.74 Å². The van der Waals surface area contributed by atoms with E-state index in [0.29, 0.717) is 24.5 Å². The fourth-order valence-electron chi connectivity index (χ4n) is 1.65. The van der Waals surface area contributed by atoms with Crippen LogP contribution in [0.4, 0.5) is 11.9 Å². The molecule has 0 unspecified atom stereocenters. The third-order valence-electron chi connectivity index (χ3n) is 2.68. The van der Waals surface area contributed by atoms with Crippen molar-refractivity contribution in [3.63, 3.8) is 0 Å². The normalized spacial score (nSPS) is 10.2. The molecule has 0 fully saturated rings. The predicted octanol–water partition coefficient (Wildman–Crippen LogP) is 2.32. The van der Waals surface area contributed by atoms with E-state index in [1.165, 1.54) is 12.7 Å². The van der Waals surface area contributed by atoms with Crippen LogP contribution in [-0.4, -0.2) is 36.2 Å². The van der Waals surface area contributed by atoms with E-state index in [2.05, 4.69) is 48.3 Å². The molecule has 7 heteroatoms. The molecule has 1 N–H and O–H groups in total. The molecule has 2 rings (SSSR count). The van der Waals surface area contributed by atoms with Gasteiger partial charge in [0.1, 0.15) is 0 Å². The molecule has 1 aromatic heterocycles. The van der Waals surface area contributed by atoms with Crippen LogP contribution in [-0.2, 0) is 6.54 Å². The number of nitrogens with zero attached hydrogens (tertiary/aromatic N) is 4. The van der Waals surface area contributed by atoms with Gasteiger partial charge in [0.05, 0.1) is 7.11 Å². The summed E-state index contributed by atoms with van der Waals surface area (Å²) in [5.41, 5.74) is 1.17. The standard InChI is InChI=1S/C13H16BrN5O/c1-15-11-16-12(18-13(17-11)20-3)19(2)8-9-4-6-10(14)7-5-9/h4-7H,8H2,1-3H3,(H,15,16,17,18). The van der Waals surface area contributed by atoms with Gasteiger partial charge in [0.15, 0.2) is 0 Å². The van der Waals surface area contributed by atoms with Crippen LogP contribution in [0.5, 0.6) is 6.01 Å². The number of nitrogens with one attached hydrogen (secondary N) is 1. The lowest BCUT2D eigenvalue weighted by molar-refractivity contribution is 0.379. The van der Waals surface area contributed by atoms with E-state index in [4.69, 9.17) is 4.74 Å². The van der Waals surface area contributed by atoms with Gasteiger partial charge in [0.25, 0.3) is 0 Å². The molecule has 0 bridgehead atoms. The predicted molar refractivity (Wildman–Crippen MR) is 82.2 cm³/mol. The summed E-state index contributed by atoms with van der Waals surface area (Å²) in [6.45, 7) is 0.698. The van der Waals surface area contributed by atoms with Crippen molar-refractivity contribution >= 4 is 27.8 Å². The van der Waals surface area contributed by atoms with Gasteiger partial charge in [-0.2, -0.15) is 15.0 Å². The first-order chi connectivity index (χ1) is 9.62. The van der Waals surface area contributed by atoms with Gasteiger partial charge in [0.2, 0.25) is 11.9 Å². The SMILES string of the molecule is CNc1nc(OC)nc(N(C)Cc2ccc(Br)cc2)n1. The van der Waals surface area contributed by atoms with Gasteiger partial charge in [-0.25, -0.2) is 0 Å². The second kappa shape index (κ2) is 6.51. The fraction of sp³-hybridized carbons (Fsp3) is 0.308. The largest absolute Gasteiger partial charge is 0.467 e. The quantitative estimate of drug-likeness (QED) is 0.903. The molecule has 0 atom stereocenters. The molecule has 0 aliphatic carbocycles. The molecule has 1 aromatic carbocycles. The minimum Gasteiger partial charge on any atom is -0.467 e. The van der Waals surface area contributed by atoms with E-state index in [-0.39, 0.29) is 0 Å². The number of benzene rings is 1. The number of ether oxygens (including phenoxy) is 1. The first-order valence-corrected chi connectivity index (χ1v) is 6.85. The van der Waals surface area contributed by atoms with Crippen molar-refractivity contribution in [3.8, 4) is 6.01 Å². The maximum atomic E-state index is 5.08. The van der Waals surface area contributed by atoms with Crippen molar-refractivity contribution in [1.29, 1.82) is 0 Å². The van der Waals surface area contributed by atoms with Crippen LogP contribution in [0.3, 0.4) is 0 Å². The van der Waals surface area contributed by atoms with E-state index in [1.807, 2.05) is 24.1 Å². The van der Waals surface area contributed by atoms with Crippen LogP contribution < -0.4 is 15.0 Å². The molecule has 2 aromatic rings. The summed E-state index contributed by atoms with van der Waals surface area (Å²) in [6.07, 6.45) is 0. The minimum atomic E-state index is 0.294. The zero-order chi connectivity index (χ0) is 14.5. The van der Waals surface area contributed by atoms with Crippen molar-refractivity contribution in [1.82, 2.24) is 15.0 Å². The van der Waals surface area contributed by atoms with Crippen LogP contribution in [0.2, 0.25) is 0 Å². The molecule has 6 nitrogen and oxygen atoms in total. The van der Waals surface area contributed by atoms with Crippen molar-refractivity contribution in [2.24, 2.45) is 0 Å². The average molecular weight is 338 g/mol. The maximum absolute atomic E-state index is 5.08. The second-order valence-electron chi connectivity index (χ2n) is 4.18. The van der Waals surface area contributed by atoms with E-state index < -0.39 is 0 Å². The Bertz CT molecular complexity index is 553. The molecule has 106 valence electrons. The van der Waals surface area contributed by atoms with E-state index >= 15 is 0 Å². The number of rotatable bonds is 5. The highest BCUT2D eigenvalue weighted by Crippen LogP contribution is 2.17.